The Morgan fingerprint density at radius 1 is 1.26 bits per heavy atom. The van der Waals surface area contributed by atoms with Crippen LogP contribution in [0, 0.1) is 29.9 Å². The first-order chi connectivity index (χ1) is 15.9. The highest BCUT2D eigenvalue weighted by Crippen LogP contribution is 2.50. The van der Waals surface area contributed by atoms with Crippen molar-refractivity contribution in [3.05, 3.63) is 74.3 Å². The van der Waals surface area contributed by atoms with Crippen molar-refractivity contribution >= 4 is 16.8 Å². The van der Waals surface area contributed by atoms with E-state index in [9.17, 15) is 31.5 Å². The quantitative estimate of drug-likeness (QED) is 0.549. The van der Waals surface area contributed by atoms with Gasteiger partial charge in [0.1, 0.15) is 23.3 Å². The summed E-state index contributed by atoms with van der Waals surface area (Å²) in [6.07, 6.45) is -3.56. The van der Waals surface area contributed by atoms with Crippen LogP contribution in [0.25, 0.3) is 10.9 Å². The van der Waals surface area contributed by atoms with E-state index < -0.39 is 51.7 Å². The zero-order chi connectivity index (χ0) is 25.0. The predicted molar refractivity (Wildman–Crippen MR) is 111 cm³/mol. The van der Waals surface area contributed by atoms with E-state index in [2.05, 4.69) is 15.3 Å². The minimum atomic E-state index is -5.03. The monoisotopic (exact) mass is 476 g/mol. The fourth-order valence-electron chi connectivity index (χ4n) is 4.35. The third-order valence-electron chi connectivity index (χ3n) is 6.08. The van der Waals surface area contributed by atoms with Crippen LogP contribution in [0.4, 0.5) is 22.0 Å². The molecule has 1 aromatic carbocycles. The van der Waals surface area contributed by atoms with Crippen LogP contribution < -0.4 is 10.9 Å². The van der Waals surface area contributed by atoms with Crippen LogP contribution >= 0.6 is 0 Å². The number of alkyl halides is 3. The van der Waals surface area contributed by atoms with E-state index in [1.807, 2.05) is 0 Å². The van der Waals surface area contributed by atoms with Crippen LogP contribution in [0.1, 0.15) is 53.8 Å². The minimum Gasteiger partial charge on any atom is -0.347 e. The second kappa shape index (κ2) is 7.90. The maximum atomic E-state index is 14.3. The number of aromatic nitrogens is 2. The van der Waals surface area contributed by atoms with Crippen LogP contribution in [0.3, 0.4) is 0 Å². The first-order valence-corrected chi connectivity index (χ1v) is 10.2. The molecule has 1 aliphatic rings. The molecule has 0 radical (unpaired) electrons. The highest BCUT2D eigenvalue weighted by molar-refractivity contribution is 5.95. The van der Waals surface area contributed by atoms with Crippen LogP contribution in [0.2, 0.25) is 0 Å². The molecule has 6 nitrogen and oxygen atoms in total. The molecule has 1 atom stereocenters. The standard InChI is InChI=1S/C23H17F5N4O2/c1-10-16-15(4-3-13(24)18(16)23(26,27)28)32-20(33)17(10)22(5-6-22)21(34)31-11(2)19-14(25)7-12(8-29)9-30-19/h3-4,7,9,11H,5-6H2,1-2H3,(H,31,34)(H,32,33)/t11-/m0/s1. The minimum absolute atomic E-state index is 0.00976. The summed E-state index contributed by atoms with van der Waals surface area (Å²) in [5.74, 6) is -3.00. The molecule has 1 amide bonds. The Labute approximate surface area is 189 Å². The summed E-state index contributed by atoms with van der Waals surface area (Å²) in [5.41, 5.74) is -4.41. The van der Waals surface area contributed by atoms with Gasteiger partial charge in [0.15, 0.2) is 0 Å². The van der Waals surface area contributed by atoms with Crippen LogP contribution in [0.5, 0.6) is 0 Å². The lowest BCUT2D eigenvalue weighted by atomic mass is 9.88. The molecule has 0 saturated heterocycles. The largest absolute Gasteiger partial charge is 0.419 e. The molecule has 0 bridgehead atoms. The summed E-state index contributed by atoms with van der Waals surface area (Å²) in [6.45, 7) is 2.69. The number of rotatable bonds is 4. The maximum absolute atomic E-state index is 14.3. The van der Waals surface area contributed by atoms with Gasteiger partial charge >= 0.3 is 6.18 Å². The number of pyridine rings is 2. The van der Waals surface area contributed by atoms with Gasteiger partial charge in [0, 0.05) is 22.7 Å². The molecule has 1 aliphatic carbocycles. The molecule has 0 aliphatic heterocycles. The molecule has 2 N–H and O–H groups in total. The number of carbonyl (C=O) groups is 1. The molecule has 0 spiro atoms. The molecule has 176 valence electrons. The van der Waals surface area contributed by atoms with E-state index in [-0.39, 0.29) is 40.7 Å². The average Bonchev–Trinajstić information content (AvgIpc) is 3.54. The number of carbonyl (C=O) groups excluding carboxylic acids is 1. The molecular formula is C23H17F5N4O2. The van der Waals surface area contributed by atoms with Crippen LogP contribution in [-0.4, -0.2) is 15.9 Å². The van der Waals surface area contributed by atoms with Gasteiger partial charge in [-0.15, -0.1) is 0 Å². The Morgan fingerprint density at radius 2 is 1.94 bits per heavy atom. The number of nitrogens with zero attached hydrogens (tertiary/aromatic N) is 2. The highest BCUT2D eigenvalue weighted by atomic mass is 19.4. The fourth-order valence-corrected chi connectivity index (χ4v) is 4.35. The number of benzene rings is 1. The van der Waals surface area contributed by atoms with Crippen molar-refractivity contribution in [3.63, 3.8) is 0 Å². The van der Waals surface area contributed by atoms with E-state index in [0.29, 0.717) is 6.07 Å². The number of hydrogen-bond donors (Lipinski definition) is 2. The van der Waals surface area contributed by atoms with E-state index in [0.717, 1.165) is 18.3 Å². The predicted octanol–water partition coefficient (Wildman–Crippen LogP) is 4.31. The van der Waals surface area contributed by atoms with E-state index in [4.69, 9.17) is 5.26 Å². The van der Waals surface area contributed by atoms with Gasteiger partial charge in [0.05, 0.1) is 22.7 Å². The molecule has 4 rings (SSSR count). The van der Waals surface area contributed by atoms with Gasteiger partial charge in [-0.05, 0) is 50.5 Å². The molecule has 1 saturated carbocycles. The SMILES string of the molecule is Cc1c(C2(C(=O)N[C@@H](C)c3ncc(C#N)cc3F)CC2)c(=O)[nH]c2ccc(F)c(C(F)(F)F)c12. The molecule has 2 heterocycles. The lowest BCUT2D eigenvalue weighted by molar-refractivity contribution is -0.138. The van der Waals surface area contributed by atoms with E-state index in [1.54, 1.807) is 6.07 Å². The number of amides is 1. The summed E-state index contributed by atoms with van der Waals surface area (Å²) >= 11 is 0. The number of fused-ring (bicyclic) bond motifs is 1. The Kier molecular flexibility index (Phi) is 5.43. The van der Waals surface area contributed by atoms with Crippen molar-refractivity contribution in [1.29, 1.82) is 5.26 Å². The Balaban J connectivity index is 1.78. The van der Waals surface area contributed by atoms with Crippen LogP contribution in [0.15, 0.2) is 29.2 Å². The van der Waals surface area contributed by atoms with Crippen molar-refractivity contribution in [3.8, 4) is 6.07 Å². The maximum Gasteiger partial charge on any atom is 0.419 e. The number of nitriles is 1. The van der Waals surface area contributed by atoms with Gasteiger partial charge in [-0.1, -0.05) is 0 Å². The number of nitrogens with one attached hydrogen (secondary N) is 2. The number of halogens is 5. The normalized spacial score (nSPS) is 15.6. The summed E-state index contributed by atoms with van der Waals surface area (Å²) in [4.78, 5) is 32.2. The second-order valence-corrected chi connectivity index (χ2v) is 8.28. The summed E-state index contributed by atoms with van der Waals surface area (Å²) in [5, 5.41) is 10.9. The van der Waals surface area contributed by atoms with Gasteiger partial charge in [-0.3, -0.25) is 14.6 Å². The van der Waals surface area contributed by atoms with Crippen LogP contribution in [-0.2, 0) is 16.4 Å². The van der Waals surface area contributed by atoms with Crippen molar-refractivity contribution < 1.29 is 26.7 Å². The van der Waals surface area contributed by atoms with Gasteiger partial charge in [-0.25, -0.2) is 8.78 Å². The fraction of sp³-hybridized carbons (Fsp3) is 0.304. The Bertz CT molecular complexity index is 1430. The van der Waals surface area contributed by atoms with E-state index >= 15 is 0 Å². The lowest BCUT2D eigenvalue weighted by Gasteiger charge is -2.22. The first-order valence-electron chi connectivity index (χ1n) is 10.2. The van der Waals surface area contributed by atoms with Crippen molar-refractivity contribution in [1.82, 2.24) is 15.3 Å². The summed E-state index contributed by atoms with van der Waals surface area (Å²) in [6, 6.07) is 3.41. The zero-order valence-corrected chi connectivity index (χ0v) is 17.9. The first kappa shape index (κ1) is 23.4. The van der Waals surface area contributed by atoms with Crippen molar-refractivity contribution in [2.45, 2.75) is 44.3 Å². The zero-order valence-electron chi connectivity index (χ0n) is 17.9. The molecule has 2 aromatic heterocycles. The number of aromatic amines is 1. The molecule has 34 heavy (non-hydrogen) atoms. The number of aryl methyl sites for hydroxylation is 1. The van der Waals surface area contributed by atoms with Gasteiger partial charge in [0.2, 0.25) is 5.91 Å². The lowest BCUT2D eigenvalue weighted by Crippen LogP contribution is -2.40. The van der Waals surface area contributed by atoms with Gasteiger partial charge in [-0.2, -0.15) is 18.4 Å². The van der Waals surface area contributed by atoms with Crippen molar-refractivity contribution in [2.75, 3.05) is 0 Å². The highest BCUT2D eigenvalue weighted by Gasteiger charge is 2.54. The van der Waals surface area contributed by atoms with Crippen molar-refractivity contribution in [2.24, 2.45) is 0 Å². The topological polar surface area (TPSA) is 98.6 Å². The summed E-state index contributed by atoms with van der Waals surface area (Å²) in [7, 11) is 0. The molecule has 0 unspecified atom stereocenters. The summed E-state index contributed by atoms with van der Waals surface area (Å²) < 4.78 is 69.4. The van der Waals surface area contributed by atoms with Gasteiger partial charge < -0.3 is 10.3 Å². The smallest absolute Gasteiger partial charge is 0.347 e. The molecular weight excluding hydrogens is 459 g/mol. The number of hydrogen-bond acceptors (Lipinski definition) is 4. The molecule has 3 aromatic rings. The number of H-pyrrole nitrogens is 1. The third kappa shape index (κ3) is 3.69. The second-order valence-electron chi connectivity index (χ2n) is 8.28. The third-order valence-corrected chi connectivity index (χ3v) is 6.08. The van der Waals surface area contributed by atoms with Gasteiger partial charge in [0.25, 0.3) is 5.56 Å². The molecule has 11 heteroatoms. The average molecular weight is 476 g/mol. The molecule has 1 fully saturated rings. The van der Waals surface area contributed by atoms with E-state index in [1.165, 1.54) is 13.8 Å². The Hall–Kier alpha value is -3.81. The Morgan fingerprint density at radius 3 is 2.50 bits per heavy atom.